The Morgan fingerprint density at radius 1 is 1.04 bits per heavy atom. The van der Waals surface area contributed by atoms with Gasteiger partial charge in [0.1, 0.15) is 6.10 Å². The monoisotopic (exact) mass is 326 g/mol. The van der Waals surface area contributed by atoms with E-state index in [9.17, 15) is 9.90 Å². The Kier molecular flexibility index (Phi) is 3.32. The largest absolute Gasteiger partial charge is 0.385 e. The Hall–Kier alpha value is -0.510. The van der Waals surface area contributed by atoms with Crippen LogP contribution in [-0.2, 0) is 4.79 Å². The van der Waals surface area contributed by atoms with Gasteiger partial charge in [0.05, 0.1) is 0 Å². The molecule has 2 nitrogen and oxygen atoms in total. The summed E-state index contributed by atoms with van der Waals surface area (Å²) in [4.78, 5) is 12.4. The van der Waals surface area contributed by atoms with Crippen LogP contribution in [0.2, 0.25) is 0 Å². The van der Waals surface area contributed by atoms with E-state index < -0.39 is 23.9 Å². The number of aliphatic hydroxyl groups excluding tert-OH is 1. The molecule has 0 saturated heterocycles. The Balaban J connectivity index is 1.76. The first-order valence-electron chi connectivity index (χ1n) is 9.29. The summed E-state index contributed by atoms with van der Waals surface area (Å²) in [7, 11) is 0. The number of halogens is 2. The third-order valence-corrected chi connectivity index (χ3v) is 8.29. The van der Waals surface area contributed by atoms with Gasteiger partial charge in [-0.15, -0.1) is 0 Å². The van der Waals surface area contributed by atoms with Gasteiger partial charge in [0.15, 0.2) is 5.78 Å². The molecule has 7 atom stereocenters. The Morgan fingerprint density at radius 2 is 1.78 bits per heavy atom. The average Bonchev–Trinajstić information content (AvgIpc) is 2.87. The third-order valence-electron chi connectivity index (χ3n) is 8.29. The predicted octanol–water partition coefficient (Wildman–Crippen LogP) is 4.20. The van der Waals surface area contributed by atoms with E-state index in [0.717, 1.165) is 32.1 Å². The molecule has 4 saturated carbocycles. The van der Waals surface area contributed by atoms with E-state index in [4.69, 9.17) is 0 Å². The highest BCUT2D eigenvalue weighted by Crippen LogP contribution is 2.68. The van der Waals surface area contributed by atoms with Gasteiger partial charge in [0, 0.05) is 18.3 Å². The molecule has 0 spiro atoms. The van der Waals surface area contributed by atoms with E-state index >= 15 is 8.78 Å². The summed E-state index contributed by atoms with van der Waals surface area (Å²) in [5, 5.41) is 9.89. The molecule has 130 valence electrons. The van der Waals surface area contributed by atoms with Gasteiger partial charge in [0.2, 0.25) is 0 Å². The summed E-state index contributed by atoms with van der Waals surface area (Å²) in [6.45, 7) is 4.27. The molecular weight excluding hydrogens is 298 g/mol. The number of rotatable bonds is 0. The minimum atomic E-state index is -2.77. The summed E-state index contributed by atoms with van der Waals surface area (Å²) in [6.07, 6.45) is 4.71. The van der Waals surface area contributed by atoms with Crippen molar-refractivity contribution >= 4 is 5.78 Å². The van der Waals surface area contributed by atoms with Crippen molar-refractivity contribution in [1.82, 2.24) is 0 Å². The van der Waals surface area contributed by atoms with Gasteiger partial charge >= 0.3 is 0 Å². The zero-order valence-electron chi connectivity index (χ0n) is 14.2. The minimum absolute atomic E-state index is 0.0659. The van der Waals surface area contributed by atoms with Crippen LogP contribution in [-0.4, -0.2) is 22.9 Å². The first kappa shape index (κ1) is 16.0. The van der Waals surface area contributed by atoms with Gasteiger partial charge < -0.3 is 5.11 Å². The summed E-state index contributed by atoms with van der Waals surface area (Å²) in [6, 6.07) is 0. The smallest absolute Gasteiger partial charge is 0.252 e. The fraction of sp³-hybridized carbons (Fsp3) is 0.947. The van der Waals surface area contributed by atoms with E-state index in [0.29, 0.717) is 12.8 Å². The molecule has 4 heteroatoms. The number of fused-ring (bicyclic) bond motifs is 5. The molecule has 0 aromatic heterocycles. The molecule has 0 aromatic rings. The van der Waals surface area contributed by atoms with Crippen LogP contribution in [0.15, 0.2) is 0 Å². The lowest BCUT2D eigenvalue weighted by Gasteiger charge is -2.61. The van der Waals surface area contributed by atoms with Gasteiger partial charge in [0.25, 0.3) is 5.92 Å². The van der Waals surface area contributed by atoms with Crippen molar-refractivity contribution in [2.45, 2.75) is 77.2 Å². The van der Waals surface area contributed by atoms with Crippen molar-refractivity contribution in [2.75, 3.05) is 0 Å². The summed E-state index contributed by atoms with van der Waals surface area (Å²) < 4.78 is 30.3. The molecule has 0 heterocycles. The maximum absolute atomic E-state index is 15.2. The van der Waals surface area contributed by atoms with E-state index in [1.165, 1.54) is 0 Å². The molecule has 4 aliphatic rings. The molecule has 0 aliphatic heterocycles. The lowest BCUT2D eigenvalue weighted by molar-refractivity contribution is -0.229. The predicted molar refractivity (Wildman–Crippen MR) is 83.1 cm³/mol. The standard InChI is InChI=1S/C19H28F2O2/c1-17-7-3-4-11(17)15-12(5-8-17)18(2)9-6-14(22)16(23)13(18)10-19(15,20)21/h11-15,22H,3-10H2,1-2H3. The van der Waals surface area contributed by atoms with Crippen LogP contribution in [0, 0.1) is 34.5 Å². The SMILES string of the molecule is CC12CCCC1C1C(CC2)C2(C)CCC(O)C(=O)C2CC1(F)F. The second-order valence-electron chi connectivity index (χ2n) is 9.30. The van der Waals surface area contributed by atoms with Crippen LogP contribution < -0.4 is 0 Å². The maximum atomic E-state index is 15.2. The molecule has 1 N–H and O–H groups in total. The number of ketones is 1. The van der Waals surface area contributed by atoms with Crippen molar-refractivity contribution < 1.29 is 18.7 Å². The lowest BCUT2D eigenvalue weighted by atomic mass is 9.44. The number of alkyl halides is 2. The number of hydrogen-bond acceptors (Lipinski definition) is 2. The number of aliphatic hydroxyl groups is 1. The number of carbonyl (C=O) groups is 1. The molecule has 4 aliphatic carbocycles. The van der Waals surface area contributed by atoms with E-state index in [2.05, 4.69) is 13.8 Å². The molecular formula is C19H28F2O2. The van der Waals surface area contributed by atoms with Gasteiger partial charge in [-0.25, -0.2) is 8.78 Å². The Labute approximate surface area is 137 Å². The molecule has 7 unspecified atom stereocenters. The Bertz CT molecular complexity index is 533. The third kappa shape index (κ3) is 2.03. The zero-order chi connectivity index (χ0) is 16.6. The minimum Gasteiger partial charge on any atom is -0.385 e. The molecule has 4 fully saturated rings. The summed E-state index contributed by atoms with van der Waals surface area (Å²) in [5.74, 6) is -4.27. The van der Waals surface area contributed by atoms with E-state index in [1.807, 2.05) is 0 Å². The summed E-state index contributed by atoms with van der Waals surface area (Å²) in [5.41, 5.74) is -0.265. The highest BCUT2D eigenvalue weighted by atomic mass is 19.3. The zero-order valence-corrected chi connectivity index (χ0v) is 14.2. The number of Topliss-reactive ketones (excluding diaryl/α,β-unsaturated/α-hetero) is 1. The van der Waals surface area contributed by atoms with Crippen LogP contribution in [0.4, 0.5) is 8.78 Å². The van der Waals surface area contributed by atoms with Crippen molar-refractivity contribution in [2.24, 2.45) is 34.5 Å². The van der Waals surface area contributed by atoms with Crippen LogP contribution in [0.5, 0.6) is 0 Å². The lowest BCUT2D eigenvalue weighted by Crippen LogP contribution is -2.62. The molecule has 0 bridgehead atoms. The van der Waals surface area contributed by atoms with Gasteiger partial charge in [-0.05, 0) is 61.2 Å². The van der Waals surface area contributed by atoms with Crippen LogP contribution in [0.1, 0.15) is 65.2 Å². The van der Waals surface area contributed by atoms with E-state index in [1.54, 1.807) is 0 Å². The second kappa shape index (κ2) is 4.77. The van der Waals surface area contributed by atoms with E-state index in [-0.39, 0.29) is 34.9 Å². The van der Waals surface area contributed by atoms with Crippen molar-refractivity contribution in [1.29, 1.82) is 0 Å². The average molecular weight is 326 g/mol. The van der Waals surface area contributed by atoms with Gasteiger partial charge in [-0.2, -0.15) is 0 Å². The second-order valence-corrected chi connectivity index (χ2v) is 9.30. The fourth-order valence-electron chi connectivity index (χ4n) is 6.96. The normalized spacial score (nSPS) is 55.0. The van der Waals surface area contributed by atoms with Gasteiger partial charge in [-0.3, -0.25) is 4.79 Å². The number of carbonyl (C=O) groups excluding carboxylic acids is 1. The highest BCUT2D eigenvalue weighted by molar-refractivity contribution is 5.87. The maximum Gasteiger partial charge on any atom is 0.252 e. The summed E-state index contributed by atoms with van der Waals surface area (Å²) >= 11 is 0. The van der Waals surface area contributed by atoms with Crippen LogP contribution in [0.25, 0.3) is 0 Å². The molecule has 4 rings (SSSR count). The molecule has 23 heavy (non-hydrogen) atoms. The van der Waals surface area contributed by atoms with Crippen LogP contribution >= 0.6 is 0 Å². The first-order chi connectivity index (χ1) is 10.7. The molecule has 0 radical (unpaired) electrons. The molecule has 0 amide bonds. The fourth-order valence-corrected chi connectivity index (χ4v) is 6.96. The van der Waals surface area contributed by atoms with Crippen LogP contribution in [0.3, 0.4) is 0 Å². The quantitative estimate of drug-likeness (QED) is 0.724. The van der Waals surface area contributed by atoms with Gasteiger partial charge in [-0.1, -0.05) is 20.3 Å². The van der Waals surface area contributed by atoms with Crippen molar-refractivity contribution in [3.8, 4) is 0 Å². The van der Waals surface area contributed by atoms with Crippen molar-refractivity contribution in [3.63, 3.8) is 0 Å². The first-order valence-corrected chi connectivity index (χ1v) is 9.29. The van der Waals surface area contributed by atoms with Crippen molar-refractivity contribution in [3.05, 3.63) is 0 Å². The Morgan fingerprint density at radius 3 is 2.52 bits per heavy atom. The molecule has 0 aromatic carbocycles. The highest BCUT2D eigenvalue weighted by Gasteiger charge is 2.68. The number of hydrogen-bond donors (Lipinski definition) is 1. The topological polar surface area (TPSA) is 37.3 Å².